The number of esters is 1. The zero-order valence-corrected chi connectivity index (χ0v) is 15.7. The lowest BCUT2D eigenvalue weighted by atomic mass is 9.95. The van der Waals surface area contributed by atoms with Crippen molar-refractivity contribution in [3.63, 3.8) is 0 Å². The SMILES string of the molecule is COC(=O)c1ccc(S(=O)(=O)NCC2NCCc3ccccc32)cc1Cl. The van der Waals surface area contributed by atoms with Gasteiger partial charge in [0.25, 0.3) is 0 Å². The molecule has 0 fully saturated rings. The van der Waals surface area contributed by atoms with E-state index in [4.69, 9.17) is 11.6 Å². The van der Waals surface area contributed by atoms with Crippen LogP contribution < -0.4 is 10.0 Å². The van der Waals surface area contributed by atoms with Crippen molar-refractivity contribution in [2.24, 2.45) is 0 Å². The lowest BCUT2D eigenvalue weighted by Gasteiger charge is -2.27. The molecule has 6 nitrogen and oxygen atoms in total. The summed E-state index contributed by atoms with van der Waals surface area (Å²) in [5, 5.41) is 3.36. The van der Waals surface area contributed by atoms with E-state index in [2.05, 4.69) is 20.8 Å². The number of rotatable bonds is 5. The molecule has 3 rings (SSSR count). The molecule has 26 heavy (non-hydrogen) atoms. The lowest BCUT2D eigenvalue weighted by Crippen LogP contribution is -2.38. The highest BCUT2D eigenvalue weighted by Gasteiger charge is 2.23. The molecule has 0 bridgehead atoms. The van der Waals surface area contributed by atoms with Crippen molar-refractivity contribution in [3.8, 4) is 0 Å². The van der Waals surface area contributed by atoms with Gasteiger partial charge < -0.3 is 10.1 Å². The van der Waals surface area contributed by atoms with E-state index in [1.807, 2.05) is 18.2 Å². The molecule has 8 heteroatoms. The van der Waals surface area contributed by atoms with Crippen LogP contribution in [0.2, 0.25) is 5.02 Å². The van der Waals surface area contributed by atoms with E-state index in [0.717, 1.165) is 18.5 Å². The van der Waals surface area contributed by atoms with Crippen LogP contribution in [-0.2, 0) is 21.2 Å². The third kappa shape index (κ3) is 3.91. The molecule has 0 saturated carbocycles. The molecule has 2 aromatic carbocycles. The molecular weight excluding hydrogens is 376 g/mol. The van der Waals surface area contributed by atoms with Gasteiger partial charge in [0.15, 0.2) is 0 Å². The van der Waals surface area contributed by atoms with Gasteiger partial charge in [-0.2, -0.15) is 0 Å². The molecule has 1 atom stereocenters. The summed E-state index contributed by atoms with van der Waals surface area (Å²) in [6.07, 6.45) is 0.921. The van der Waals surface area contributed by atoms with Crippen molar-refractivity contribution in [3.05, 3.63) is 64.2 Å². The number of fused-ring (bicyclic) bond motifs is 1. The maximum atomic E-state index is 12.6. The number of benzene rings is 2. The van der Waals surface area contributed by atoms with Gasteiger partial charge in [-0.3, -0.25) is 0 Å². The van der Waals surface area contributed by atoms with Gasteiger partial charge in [0.1, 0.15) is 0 Å². The second kappa shape index (κ2) is 7.75. The van der Waals surface area contributed by atoms with Gasteiger partial charge in [-0.05, 0) is 42.3 Å². The Hall–Kier alpha value is -1.93. The molecule has 2 aromatic rings. The maximum Gasteiger partial charge on any atom is 0.339 e. The standard InChI is InChI=1S/C18H19ClN2O4S/c1-25-18(22)15-7-6-13(10-16(15)19)26(23,24)21-11-17-14-5-3-2-4-12(14)8-9-20-17/h2-7,10,17,20-21H,8-9,11H2,1H3. The minimum absolute atomic E-state index is 0.000697. The Morgan fingerprint density at radius 3 is 2.81 bits per heavy atom. The van der Waals surface area contributed by atoms with E-state index in [1.54, 1.807) is 0 Å². The van der Waals surface area contributed by atoms with Crippen LogP contribution in [0.3, 0.4) is 0 Å². The zero-order valence-electron chi connectivity index (χ0n) is 14.2. The van der Waals surface area contributed by atoms with Gasteiger partial charge in [-0.1, -0.05) is 35.9 Å². The highest BCUT2D eigenvalue weighted by Crippen LogP contribution is 2.24. The van der Waals surface area contributed by atoms with Crippen molar-refractivity contribution < 1.29 is 17.9 Å². The molecule has 0 amide bonds. The quantitative estimate of drug-likeness (QED) is 0.760. The molecule has 0 radical (unpaired) electrons. The van der Waals surface area contributed by atoms with Crippen LogP contribution >= 0.6 is 11.6 Å². The van der Waals surface area contributed by atoms with Crippen molar-refractivity contribution in [2.45, 2.75) is 17.4 Å². The highest BCUT2D eigenvalue weighted by atomic mass is 35.5. The van der Waals surface area contributed by atoms with E-state index in [1.165, 1.54) is 30.9 Å². The Labute approximate surface area is 157 Å². The number of carbonyl (C=O) groups excluding carboxylic acids is 1. The summed E-state index contributed by atoms with van der Waals surface area (Å²) >= 11 is 6.02. The fraction of sp³-hybridized carbons (Fsp3) is 0.278. The minimum atomic E-state index is -3.76. The van der Waals surface area contributed by atoms with Gasteiger partial charge in [0.05, 0.1) is 22.6 Å². The van der Waals surface area contributed by atoms with E-state index in [9.17, 15) is 13.2 Å². The Morgan fingerprint density at radius 2 is 2.08 bits per heavy atom. The summed E-state index contributed by atoms with van der Waals surface area (Å²) in [5.74, 6) is -0.616. The fourth-order valence-corrected chi connectivity index (χ4v) is 4.39. The van der Waals surface area contributed by atoms with Gasteiger partial charge in [-0.25, -0.2) is 17.9 Å². The number of hydrogen-bond donors (Lipinski definition) is 2. The van der Waals surface area contributed by atoms with Crippen molar-refractivity contribution in [2.75, 3.05) is 20.2 Å². The van der Waals surface area contributed by atoms with Crippen LogP contribution in [0.1, 0.15) is 27.5 Å². The molecule has 1 unspecified atom stereocenters. The number of nitrogens with one attached hydrogen (secondary N) is 2. The molecule has 0 saturated heterocycles. The van der Waals surface area contributed by atoms with Crippen LogP contribution in [0.25, 0.3) is 0 Å². The smallest absolute Gasteiger partial charge is 0.339 e. The lowest BCUT2D eigenvalue weighted by molar-refractivity contribution is 0.0601. The van der Waals surface area contributed by atoms with Crippen molar-refractivity contribution in [1.29, 1.82) is 0 Å². The van der Waals surface area contributed by atoms with E-state index in [0.29, 0.717) is 0 Å². The zero-order chi connectivity index (χ0) is 18.7. The number of methoxy groups -OCH3 is 1. The molecule has 0 aromatic heterocycles. The summed E-state index contributed by atoms with van der Waals surface area (Å²) in [7, 11) is -2.52. The monoisotopic (exact) mass is 394 g/mol. The topological polar surface area (TPSA) is 84.5 Å². The van der Waals surface area contributed by atoms with Crippen LogP contribution in [0, 0.1) is 0 Å². The van der Waals surface area contributed by atoms with Gasteiger partial charge in [-0.15, -0.1) is 0 Å². The highest BCUT2D eigenvalue weighted by molar-refractivity contribution is 7.89. The first-order valence-corrected chi connectivity index (χ1v) is 9.97. The van der Waals surface area contributed by atoms with Crippen LogP contribution in [0.15, 0.2) is 47.4 Å². The fourth-order valence-electron chi connectivity index (χ4n) is 2.99. The van der Waals surface area contributed by atoms with Gasteiger partial charge >= 0.3 is 5.97 Å². The molecular formula is C18H19ClN2O4S. The third-order valence-electron chi connectivity index (χ3n) is 4.35. The van der Waals surface area contributed by atoms with Crippen LogP contribution in [0.4, 0.5) is 0 Å². The Morgan fingerprint density at radius 1 is 1.31 bits per heavy atom. The summed E-state index contributed by atoms with van der Waals surface area (Å²) < 4.78 is 32.4. The minimum Gasteiger partial charge on any atom is -0.465 e. The second-order valence-electron chi connectivity index (χ2n) is 5.94. The number of carbonyl (C=O) groups is 1. The largest absolute Gasteiger partial charge is 0.465 e. The summed E-state index contributed by atoms with van der Waals surface area (Å²) in [6.45, 7) is 1.01. The molecule has 1 aliphatic heterocycles. The summed E-state index contributed by atoms with van der Waals surface area (Å²) in [6, 6.07) is 11.8. The van der Waals surface area contributed by atoms with Crippen LogP contribution in [-0.4, -0.2) is 34.6 Å². The first-order chi connectivity index (χ1) is 12.4. The Kier molecular flexibility index (Phi) is 5.62. The molecule has 1 heterocycles. The number of ether oxygens (including phenoxy) is 1. The van der Waals surface area contributed by atoms with Crippen molar-refractivity contribution in [1.82, 2.24) is 10.0 Å². The average Bonchev–Trinajstić information content (AvgIpc) is 2.65. The number of hydrogen-bond acceptors (Lipinski definition) is 5. The molecule has 0 spiro atoms. The molecule has 138 valence electrons. The third-order valence-corrected chi connectivity index (χ3v) is 6.08. The van der Waals surface area contributed by atoms with Gasteiger partial charge in [0, 0.05) is 12.6 Å². The Bertz CT molecular complexity index is 931. The molecule has 2 N–H and O–H groups in total. The van der Waals surface area contributed by atoms with E-state index < -0.39 is 16.0 Å². The molecule has 0 aliphatic carbocycles. The number of halogens is 1. The van der Waals surface area contributed by atoms with Crippen molar-refractivity contribution >= 4 is 27.6 Å². The normalized spacial score (nSPS) is 16.8. The first-order valence-electron chi connectivity index (χ1n) is 8.11. The average molecular weight is 395 g/mol. The van der Waals surface area contributed by atoms with E-state index >= 15 is 0 Å². The Balaban J connectivity index is 1.76. The summed E-state index contributed by atoms with van der Waals surface area (Å²) in [4.78, 5) is 11.6. The second-order valence-corrected chi connectivity index (χ2v) is 8.11. The van der Waals surface area contributed by atoms with Gasteiger partial charge in [0.2, 0.25) is 10.0 Å². The van der Waals surface area contributed by atoms with E-state index in [-0.39, 0.29) is 28.1 Å². The molecule has 1 aliphatic rings. The first kappa shape index (κ1) is 18.8. The maximum absolute atomic E-state index is 12.6. The van der Waals surface area contributed by atoms with Crippen LogP contribution in [0.5, 0.6) is 0 Å². The summed E-state index contributed by atoms with van der Waals surface area (Å²) in [5.41, 5.74) is 2.44. The predicted molar refractivity (Wildman–Crippen MR) is 98.9 cm³/mol. The predicted octanol–water partition coefficient (Wildman–Crippen LogP) is 2.29. The number of sulfonamides is 1.